The molecule has 7 nitrogen and oxygen atoms in total. The molecule has 2 N–H and O–H groups in total. The lowest BCUT2D eigenvalue weighted by Crippen LogP contribution is -2.13. The minimum Gasteiger partial charge on any atom is -0.398 e. The largest absolute Gasteiger partial charge is 0.398 e. The molecule has 0 aliphatic heterocycles. The van der Waals surface area contributed by atoms with Crippen LogP contribution in [-0.2, 0) is 16.4 Å². The summed E-state index contributed by atoms with van der Waals surface area (Å²) in [6.45, 7) is 2.07. The number of aromatic nitrogens is 4. The van der Waals surface area contributed by atoms with Gasteiger partial charge in [0.1, 0.15) is 9.84 Å². The van der Waals surface area contributed by atoms with Crippen molar-refractivity contribution in [3.8, 4) is 11.4 Å². The molecule has 0 fully saturated rings. The molecule has 20 heavy (non-hydrogen) atoms. The maximum Gasteiger partial charge on any atom is 0.182 e. The lowest BCUT2D eigenvalue weighted by Gasteiger charge is -2.09. The minimum atomic E-state index is -3.08. The Morgan fingerprint density at radius 3 is 2.75 bits per heavy atom. The molecule has 1 heterocycles. The molecule has 0 aliphatic rings. The number of tetrazole rings is 1. The predicted octanol–water partition coefficient (Wildman–Crippen LogP) is 1.04. The first-order valence-corrected chi connectivity index (χ1v) is 8.63. The van der Waals surface area contributed by atoms with Gasteiger partial charge in [0.05, 0.1) is 12.3 Å². The number of nitrogens with two attached hydrogens (primary N) is 1. The molecule has 0 aliphatic carbocycles. The second-order valence-corrected chi connectivity index (χ2v) is 7.70. The van der Waals surface area contributed by atoms with E-state index in [-0.39, 0.29) is 12.3 Å². The molecule has 0 saturated carbocycles. The summed E-state index contributed by atoms with van der Waals surface area (Å²) >= 11 is 3.37. The fourth-order valence-corrected chi connectivity index (χ4v) is 2.71. The number of rotatable bonds is 4. The molecule has 1 aromatic carbocycles. The fraction of sp³-hybridized carbons (Fsp3) is 0.364. The van der Waals surface area contributed by atoms with Crippen molar-refractivity contribution in [3.63, 3.8) is 0 Å². The van der Waals surface area contributed by atoms with Gasteiger partial charge in [-0.15, -0.1) is 5.10 Å². The van der Waals surface area contributed by atoms with Crippen molar-refractivity contribution in [3.05, 3.63) is 22.2 Å². The quantitative estimate of drug-likeness (QED) is 0.817. The van der Waals surface area contributed by atoms with Gasteiger partial charge in [-0.05, 0) is 35.0 Å². The van der Waals surface area contributed by atoms with E-state index in [9.17, 15) is 8.42 Å². The van der Waals surface area contributed by atoms with Gasteiger partial charge in [0.15, 0.2) is 5.82 Å². The van der Waals surface area contributed by atoms with Gasteiger partial charge in [-0.1, -0.05) is 15.9 Å². The summed E-state index contributed by atoms with van der Waals surface area (Å²) in [5.74, 6) is 0.479. The van der Waals surface area contributed by atoms with Gasteiger partial charge in [-0.2, -0.15) is 0 Å². The number of hydrogen-bond donors (Lipinski definition) is 1. The molecular formula is C11H14BrN5O2S. The van der Waals surface area contributed by atoms with Crippen molar-refractivity contribution in [2.75, 3.05) is 17.7 Å². The van der Waals surface area contributed by atoms with Crippen LogP contribution in [-0.4, -0.2) is 40.6 Å². The number of benzene rings is 1. The molecule has 2 rings (SSSR count). The summed E-state index contributed by atoms with van der Waals surface area (Å²) < 4.78 is 24.8. The average Bonchev–Trinajstić information content (AvgIpc) is 2.78. The van der Waals surface area contributed by atoms with E-state index in [0.717, 1.165) is 15.6 Å². The summed E-state index contributed by atoms with van der Waals surface area (Å²) in [5, 5.41) is 11.4. The van der Waals surface area contributed by atoms with Crippen molar-refractivity contribution in [2.24, 2.45) is 0 Å². The summed E-state index contributed by atoms with van der Waals surface area (Å²) in [5.41, 5.74) is 8.16. The number of aryl methyl sites for hydroxylation is 1. The standard InChI is InChI=1S/C11H14BrN5O2S/c1-7-9(5-8(12)6-10(7)13)11-14-15-16-17(11)3-4-20(2,18)19/h5-6H,3-4,13H2,1-2H3. The molecule has 9 heteroatoms. The summed E-state index contributed by atoms with van der Waals surface area (Å²) in [6, 6.07) is 3.65. The molecule has 0 amide bonds. The number of sulfone groups is 1. The van der Waals surface area contributed by atoms with Crippen molar-refractivity contribution in [1.29, 1.82) is 0 Å². The van der Waals surface area contributed by atoms with E-state index in [4.69, 9.17) is 5.73 Å². The van der Waals surface area contributed by atoms with Crippen LogP contribution in [0.5, 0.6) is 0 Å². The van der Waals surface area contributed by atoms with Crippen molar-refractivity contribution >= 4 is 31.5 Å². The Morgan fingerprint density at radius 2 is 2.10 bits per heavy atom. The first-order valence-electron chi connectivity index (χ1n) is 5.78. The van der Waals surface area contributed by atoms with Crippen molar-refractivity contribution in [1.82, 2.24) is 20.2 Å². The topological polar surface area (TPSA) is 104 Å². The van der Waals surface area contributed by atoms with Crippen LogP contribution in [0.2, 0.25) is 0 Å². The lowest BCUT2D eigenvalue weighted by atomic mass is 10.1. The normalized spacial score (nSPS) is 11.8. The third-order valence-corrected chi connectivity index (χ3v) is 4.24. The first kappa shape index (κ1) is 14.9. The molecule has 108 valence electrons. The Balaban J connectivity index is 2.42. The molecule has 0 unspecified atom stereocenters. The maximum absolute atomic E-state index is 11.2. The van der Waals surface area contributed by atoms with Crippen LogP contribution >= 0.6 is 15.9 Å². The van der Waals surface area contributed by atoms with E-state index in [2.05, 4.69) is 31.5 Å². The van der Waals surface area contributed by atoms with E-state index >= 15 is 0 Å². The number of hydrogen-bond acceptors (Lipinski definition) is 6. The van der Waals surface area contributed by atoms with Gasteiger partial charge in [0.2, 0.25) is 0 Å². The third kappa shape index (κ3) is 3.34. The lowest BCUT2D eigenvalue weighted by molar-refractivity contribution is 0.581. The zero-order valence-corrected chi connectivity index (χ0v) is 13.4. The summed E-state index contributed by atoms with van der Waals surface area (Å²) in [7, 11) is -3.08. The number of nitrogen functional groups attached to an aromatic ring is 1. The Hall–Kier alpha value is -1.48. The summed E-state index contributed by atoms with van der Waals surface area (Å²) in [6.07, 6.45) is 1.18. The molecular weight excluding hydrogens is 346 g/mol. The zero-order chi connectivity index (χ0) is 14.9. The van der Waals surface area contributed by atoms with Gasteiger partial charge < -0.3 is 5.73 Å². The van der Waals surface area contributed by atoms with E-state index in [0.29, 0.717) is 11.5 Å². The van der Waals surface area contributed by atoms with Gasteiger partial charge in [-0.25, -0.2) is 13.1 Å². The van der Waals surface area contributed by atoms with Gasteiger partial charge in [-0.3, -0.25) is 0 Å². The van der Waals surface area contributed by atoms with Crippen LogP contribution in [0.1, 0.15) is 5.56 Å². The predicted molar refractivity (Wildman–Crippen MR) is 79.8 cm³/mol. The Labute approximate surface area is 125 Å². The van der Waals surface area contributed by atoms with Gasteiger partial charge >= 0.3 is 0 Å². The Kier molecular flexibility index (Phi) is 4.09. The highest BCUT2D eigenvalue weighted by atomic mass is 79.9. The first-order chi connectivity index (χ1) is 9.28. The molecule has 0 bridgehead atoms. The zero-order valence-electron chi connectivity index (χ0n) is 11.0. The highest BCUT2D eigenvalue weighted by molar-refractivity contribution is 9.10. The van der Waals surface area contributed by atoms with Gasteiger partial charge in [0, 0.05) is 22.0 Å². The second-order valence-electron chi connectivity index (χ2n) is 4.52. The Bertz CT molecular complexity index is 741. The average molecular weight is 360 g/mol. The Morgan fingerprint density at radius 1 is 1.40 bits per heavy atom. The number of nitrogens with zero attached hydrogens (tertiary/aromatic N) is 4. The maximum atomic E-state index is 11.2. The van der Waals surface area contributed by atoms with Gasteiger partial charge in [0.25, 0.3) is 0 Å². The molecule has 1 aromatic heterocycles. The minimum absolute atomic E-state index is 0.0203. The highest BCUT2D eigenvalue weighted by Crippen LogP contribution is 2.29. The van der Waals surface area contributed by atoms with E-state index in [1.165, 1.54) is 10.9 Å². The SMILES string of the molecule is Cc1c(N)cc(Br)cc1-c1nnnn1CCS(C)(=O)=O. The number of anilines is 1. The van der Waals surface area contributed by atoms with Crippen LogP contribution in [0, 0.1) is 6.92 Å². The monoisotopic (exact) mass is 359 g/mol. The van der Waals surface area contributed by atoms with E-state index in [1.807, 2.05) is 13.0 Å². The van der Waals surface area contributed by atoms with Crippen LogP contribution in [0.4, 0.5) is 5.69 Å². The molecule has 0 saturated heterocycles. The van der Waals surface area contributed by atoms with E-state index < -0.39 is 9.84 Å². The smallest absolute Gasteiger partial charge is 0.182 e. The number of halogens is 1. The molecule has 2 aromatic rings. The molecule has 0 radical (unpaired) electrons. The fourth-order valence-electron chi connectivity index (χ4n) is 1.73. The molecule has 0 spiro atoms. The highest BCUT2D eigenvalue weighted by Gasteiger charge is 2.15. The van der Waals surface area contributed by atoms with Crippen LogP contribution in [0.15, 0.2) is 16.6 Å². The third-order valence-electron chi connectivity index (χ3n) is 2.86. The van der Waals surface area contributed by atoms with Crippen molar-refractivity contribution in [2.45, 2.75) is 13.5 Å². The van der Waals surface area contributed by atoms with Crippen LogP contribution < -0.4 is 5.73 Å². The van der Waals surface area contributed by atoms with Crippen molar-refractivity contribution < 1.29 is 8.42 Å². The molecule has 0 atom stereocenters. The summed E-state index contributed by atoms with van der Waals surface area (Å²) in [4.78, 5) is 0. The van der Waals surface area contributed by atoms with Crippen LogP contribution in [0.3, 0.4) is 0 Å². The second kappa shape index (κ2) is 5.49. The van der Waals surface area contributed by atoms with E-state index in [1.54, 1.807) is 6.07 Å². The van der Waals surface area contributed by atoms with Crippen LogP contribution in [0.25, 0.3) is 11.4 Å².